The van der Waals surface area contributed by atoms with Crippen molar-refractivity contribution in [2.24, 2.45) is 5.73 Å². The molecular formula is C12H15BrFN. The summed E-state index contributed by atoms with van der Waals surface area (Å²) in [6, 6.07) is 5.00. The Balaban J connectivity index is 2.75. The van der Waals surface area contributed by atoms with Crippen LogP contribution in [0.1, 0.15) is 18.9 Å². The third-order valence-electron chi connectivity index (χ3n) is 2.14. The third-order valence-corrected chi connectivity index (χ3v) is 2.63. The average Bonchev–Trinajstić information content (AvgIpc) is 2.20. The summed E-state index contributed by atoms with van der Waals surface area (Å²) in [6.07, 6.45) is 3.55. The van der Waals surface area contributed by atoms with Crippen LogP contribution in [0.2, 0.25) is 0 Å². The highest BCUT2D eigenvalue weighted by molar-refractivity contribution is 9.10. The van der Waals surface area contributed by atoms with Gasteiger partial charge in [0.2, 0.25) is 0 Å². The van der Waals surface area contributed by atoms with Gasteiger partial charge in [-0.25, -0.2) is 4.39 Å². The van der Waals surface area contributed by atoms with Gasteiger partial charge in [-0.05, 0) is 50.1 Å². The van der Waals surface area contributed by atoms with Crippen molar-refractivity contribution in [3.8, 4) is 0 Å². The minimum absolute atomic E-state index is 0.154. The molecule has 0 spiro atoms. The zero-order chi connectivity index (χ0) is 11.3. The van der Waals surface area contributed by atoms with Crippen molar-refractivity contribution in [2.75, 3.05) is 6.54 Å². The summed E-state index contributed by atoms with van der Waals surface area (Å²) in [5.74, 6) is -0.154. The quantitative estimate of drug-likeness (QED) is 0.835. The number of halogens is 2. The second-order valence-corrected chi connectivity index (χ2v) is 4.46. The van der Waals surface area contributed by atoms with Crippen molar-refractivity contribution in [3.63, 3.8) is 0 Å². The van der Waals surface area contributed by atoms with Crippen LogP contribution in [0.15, 0.2) is 34.3 Å². The van der Waals surface area contributed by atoms with E-state index in [0.717, 1.165) is 22.0 Å². The van der Waals surface area contributed by atoms with Crippen molar-refractivity contribution in [3.05, 3.63) is 45.7 Å². The summed E-state index contributed by atoms with van der Waals surface area (Å²) in [7, 11) is 0. The van der Waals surface area contributed by atoms with Crippen molar-refractivity contribution >= 4 is 15.9 Å². The highest BCUT2D eigenvalue weighted by atomic mass is 79.9. The molecule has 0 fully saturated rings. The zero-order valence-corrected chi connectivity index (χ0v) is 10.3. The lowest BCUT2D eigenvalue weighted by Gasteiger charge is -2.04. The fourth-order valence-electron chi connectivity index (χ4n) is 1.38. The van der Waals surface area contributed by atoms with Crippen molar-refractivity contribution in [1.29, 1.82) is 0 Å². The minimum atomic E-state index is -0.154. The molecule has 0 aromatic heterocycles. The average molecular weight is 272 g/mol. The van der Waals surface area contributed by atoms with E-state index in [9.17, 15) is 4.39 Å². The lowest BCUT2D eigenvalue weighted by Crippen LogP contribution is -1.97. The maximum absolute atomic E-state index is 13.4. The molecule has 1 aromatic rings. The van der Waals surface area contributed by atoms with Gasteiger partial charge in [0.05, 0.1) is 0 Å². The molecule has 1 rings (SSSR count). The van der Waals surface area contributed by atoms with Gasteiger partial charge in [-0.2, -0.15) is 0 Å². The first-order valence-corrected chi connectivity index (χ1v) is 5.72. The molecule has 0 amide bonds. The molecule has 0 radical (unpaired) electrons. The Bertz CT molecular complexity index is 361. The van der Waals surface area contributed by atoms with Crippen molar-refractivity contribution in [2.45, 2.75) is 19.8 Å². The molecule has 0 heterocycles. The summed E-state index contributed by atoms with van der Waals surface area (Å²) >= 11 is 3.33. The Morgan fingerprint density at radius 2 is 2.27 bits per heavy atom. The van der Waals surface area contributed by atoms with Crippen molar-refractivity contribution in [1.82, 2.24) is 0 Å². The summed E-state index contributed by atoms with van der Waals surface area (Å²) in [5.41, 5.74) is 7.27. The third kappa shape index (κ3) is 4.14. The molecule has 0 saturated carbocycles. The van der Waals surface area contributed by atoms with E-state index in [1.54, 1.807) is 6.07 Å². The van der Waals surface area contributed by atoms with Crippen LogP contribution in [-0.4, -0.2) is 6.54 Å². The molecule has 0 saturated heterocycles. The molecule has 1 nitrogen and oxygen atoms in total. The molecule has 3 heteroatoms. The first kappa shape index (κ1) is 12.4. The topological polar surface area (TPSA) is 26.0 Å². The van der Waals surface area contributed by atoms with Gasteiger partial charge in [0.15, 0.2) is 0 Å². The first-order chi connectivity index (χ1) is 7.13. The van der Waals surface area contributed by atoms with Gasteiger partial charge < -0.3 is 5.73 Å². The van der Waals surface area contributed by atoms with Gasteiger partial charge in [-0.3, -0.25) is 0 Å². The van der Waals surface area contributed by atoms with E-state index < -0.39 is 0 Å². The molecule has 15 heavy (non-hydrogen) atoms. The highest BCUT2D eigenvalue weighted by Crippen LogP contribution is 2.18. The predicted molar refractivity (Wildman–Crippen MR) is 65.2 cm³/mol. The van der Waals surface area contributed by atoms with E-state index in [1.807, 2.05) is 13.0 Å². The van der Waals surface area contributed by atoms with Crippen LogP contribution in [0, 0.1) is 5.82 Å². The van der Waals surface area contributed by atoms with E-state index in [1.165, 1.54) is 6.07 Å². The van der Waals surface area contributed by atoms with Gasteiger partial charge in [0.1, 0.15) is 5.82 Å². The second-order valence-electron chi connectivity index (χ2n) is 3.54. The van der Waals surface area contributed by atoms with E-state index in [2.05, 4.69) is 22.0 Å². The molecule has 0 bridgehead atoms. The Hall–Kier alpha value is -0.670. The predicted octanol–water partition coefficient (Wildman–Crippen LogP) is 3.43. The van der Waals surface area contributed by atoms with Gasteiger partial charge in [0, 0.05) is 4.47 Å². The fourth-order valence-corrected chi connectivity index (χ4v) is 1.79. The summed E-state index contributed by atoms with van der Waals surface area (Å²) in [5, 5.41) is 0. The standard InChI is InChI=1S/C12H15BrFN/c1-9(3-2-6-15)7-10-8-11(13)4-5-12(10)14/h3-5,8H,2,6-7,15H2,1H3. The normalized spacial score (nSPS) is 11.9. The summed E-state index contributed by atoms with van der Waals surface area (Å²) in [4.78, 5) is 0. The minimum Gasteiger partial charge on any atom is -0.330 e. The van der Waals surface area contributed by atoms with Gasteiger partial charge in [0.25, 0.3) is 0 Å². The van der Waals surface area contributed by atoms with Gasteiger partial charge >= 0.3 is 0 Å². The van der Waals surface area contributed by atoms with Crippen molar-refractivity contribution < 1.29 is 4.39 Å². The van der Waals surface area contributed by atoms with Crippen LogP contribution in [-0.2, 0) is 6.42 Å². The largest absolute Gasteiger partial charge is 0.330 e. The molecule has 2 N–H and O–H groups in total. The molecule has 0 aliphatic carbocycles. The molecule has 0 aliphatic rings. The summed E-state index contributed by atoms with van der Waals surface area (Å²) < 4.78 is 14.3. The van der Waals surface area contributed by atoms with Crippen LogP contribution in [0.4, 0.5) is 4.39 Å². The Morgan fingerprint density at radius 1 is 1.53 bits per heavy atom. The lowest BCUT2D eigenvalue weighted by atomic mass is 10.1. The van der Waals surface area contributed by atoms with Crippen LogP contribution < -0.4 is 5.73 Å². The highest BCUT2D eigenvalue weighted by Gasteiger charge is 2.03. The SMILES string of the molecule is CC(=CCCN)Cc1cc(Br)ccc1F. The summed E-state index contributed by atoms with van der Waals surface area (Å²) in [6.45, 7) is 2.63. The zero-order valence-electron chi connectivity index (χ0n) is 8.76. The second kappa shape index (κ2) is 6.03. The van der Waals surface area contributed by atoms with Gasteiger partial charge in [-0.1, -0.05) is 27.6 Å². The Kier molecular flexibility index (Phi) is 4.99. The molecule has 0 aliphatic heterocycles. The van der Waals surface area contributed by atoms with Crippen LogP contribution in [0.3, 0.4) is 0 Å². The van der Waals surface area contributed by atoms with Crippen LogP contribution in [0.25, 0.3) is 0 Å². The first-order valence-electron chi connectivity index (χ1n) is 4.93. The smallest absolute Gasteiger partial charge is 0.126 e. The number of rotatable bonds is 4. The molecule has 0 unspecified atom stereocenters. The van der Waals surface area contributed by atoms with E-state index in [4.69, 9.17) is 5.73 Å². The maximum Gasteiger partial charge on any atom is 0.126 e. The van der Waals surface area contributed by atoms with E-state index in [0.29, 0.717) is 13.0 Å². The monoisotopic (exact) mass is 271 g/mol. The van der Waals surface area contributed by atoms with E-state index in [-0.39, 0.29) is 5.82 Å². The number of benzene rings is 1. The number of hydrogen-bond acceptors (Lipinski definition) is 1. The Labute approximate surface area is 98.3 Å². The number of hydrogen-bond donors (Lipinski definition) is 1. The lowest BCUT2D eigenvalue weighted by molar-refractivity contribution is 0.613. The van der Waals surface area contributed by atoms with Gasteiger partial charge in [-0.15, -0.1) is 0 Å². The molecule has 0 atom stereocenters. The van der Waals surface area contributed by atoms with Crippen LogP contribution >= 0.6 is 15.9 Å². The molecule has 82 valence electrons. The Morgan fingerprint density at radius 3 is 2.93 bits per heavy atom. The maximum atomic E-state index is 13.4. The number of allylic oxidation sites excluding steroid dienone is 1. The van der Waals surface area contributed by atoms with Crippen LogP contribution in [0.5, 0.6) is 0 Å². The molecular weight excluding hydrogens is 257 g/mol. The number of nitrogens with two attached hydrogens (primary N) is 1. The van der Waals surface area contributed by atoms with E-state index >= 15 is 0 Å². The fraction of sp³-hybridized carbons (Fsp3) is 0.333. The molecule has 1 aromatic carbocycles.